The third kappa shape index (κ3) is 6.78. The molecule has 2 rings (SSSR count). The number of ether oxygens (including phenoxy) is 2. The fraction of sp³-hybridized carbons (Fsp3) is 0.333. The zero-order chi connectivity index (χ0) is 20.7. The maximum atomic E-state index is 11.8. The minimum absolute atomic E-state index is 0.0484. The van der Waals surface area contributed by atoms with Crippen molar-refractivity contribution in [2.45, 2.75) is 33.1 Å². The number of amides is 2. The van der Waals surface area contributed by atoms with E-state index >= 15 is 0 Å². The number of carbonyl (C=O) groups excluding carboxylic acids is 2. The summed E-state index contributed by atoms with van der Waals surface area (Å²) in [4.78, 5) is 23.6. The summed E-state index contributed by atoms with van der Waals surface area (Å²) in [5.41, 5.74) is 6.60. The Hall–Kier alpha value is -2.73. The zero-order valence-corrected chi connectivity index (χ0v) is 17.2. The first-order valence-electron chi connectivity index (χ1n) is 8.85. The van der Waals surface area contributed by atoms with E-state index in [1.165, 1.54) is 5.56 Å². The molecule has 0 saturated heterocycles. The van der Waals surface area contributed by atoms with Gasteiger partial charge in [-0.3, -0.25) is 20.4 Å². The molecule has 28 heavy (non-hydrogen) atoms. The molecule has 7 heteroatoms. The topological polar surface area (TPSA) is 76.7 Å². The minimum Gasteiger partial charge on any atom is -0.484 e. The van der Waals surface area contributed by atoms with Crippen LogP contribution in [0.5, 0.6) is 11.5 Å². The van der Waals surface area contributed by atoms with E-state index < -0.39 is 11.8 Å². The van der Waals surface area contributed by atoms with E-state index in [2.05, 4.69) is 31.6 Å². The number of hydrogen-bond donors (Lipinski definition) is 2. The first-order chi connectivity index (χ1) is 13.1. The molecule has 2 amide bonds. The average Bonchev–Trinajstić information content (AvgIpc) is 2.63. The van der Waals surface area contributed by atoms with Crippen LogP contribution in [0.15, 0.2) is 42.5 Å². The summed E-state index contributed by atoms with van der Waals surface area (Å²) >= 11 is 5.87. The minimum atomic E-state index is -0.489. The highest BCUT2D eigenvalue weighted by atomic mass is 35.5. The van der Waals surface area contributed by atoms with Crippen molar-refractivity contribution >= 4 is 23.4 Å². The van der Waals surface area contributed by atoms with Crippen LogP contribution in [-0.2, 0) is 15.0 Å². The van der Waals surface area contributed by atoms with Gasteiger partial charge in [-0.25, -0.2) is 0 Å². The van der Waals surface area contributed by atoms with Crippen molar-refractivity contribution in [3.63, 3.8) is 0 Å². The maximum absolute atomic E-state index is 11.8. The van der Waals surface area contributed by atoms with Crippen molar-refractivity contribution in [3.8, 4) is 11.5 Å². The molecule has 2 aromatic rings. The van der Waals surface area contributed by atoms with Crippen molar-refractivity contribution in [1.82, 2.24) is 10.9 Å². The van der Waals surface area contributed by atoms with Crippen LogP contribution in [0.1, 0.15) is 31.9 Å². The average molecular weight is 405 g/mol. The van der Waals surface area contributed by atoms with Crippen molar-refractivity contribution in [1.29, 1.82) is 0 Å². The van der Waals surface area contributed by atoms with Crippen LogP contribution >= 0.6 is 11.6 Å². The quantitative estimate of drug-likeness (QED) is 0.722. The summed E-state index contributed by atoms with van der Waals surface area (Å²) in [5.74, 6) is 0.164. The molecule has 0 fully saturated rings. The Labute approximate surface area is 170 Å². The van der Waals surface area contributed by atoms with Gasteiger partial charge < -0.3 is 9.47 Å². The highest BCUT2D eigenvalue weighted by Crippen LogP contribution is 2.24. The standard InChI is InChI=1S/C21H25ClN2O4/c1-14-11-16(22)7-10-18(14)28-13-20(26)24-23-19(25)12-27-17-8-5-15(6-9-17)21(2,3)4/h5-11H,12-13H2,1-4H3,(H,23,25)(H,24,26). The summed E-state index contributed by atoms with van der Waals surface area (Å²) in [6.07, 6.45) is 0. The molecule has 6 nitrogen and oxygen atoms in total. The van der Waals surface area contributed by atoms with Gasteiger partial charge in [0.05, 0.1) is 0 Å². The van der Waals surface area contributed by atoms with Crippen molar-refractivity contribution < 1.29 is 19.1 Å². The van der Waals surface area contributed by atoms with Crippen LogP contribution in [-0.4, -0.2) is 25.0 Å². The third-order valence-corrected chi connectivity index (χ3v) is 4.16. The monoisotopic (exact) mass is 404 g/mol. The predicted octanol–water partition coefficient (Wildman–Crippen LogP) is 3.55. The van der Waals surface area contributed by atoms with Crippen molar-refractivity contribution in [3.05, 3.63) is 58.6 Å². The van der Waals surface area contributed by atoms with E-state index in [-0.39, 0.29) is 18.6 Å². The number of carbonyl (C=O) groups is 2. The van der Waals surface area contributed by atoms with E-state index in [9.17, 15) is 9.59 Å². The molecule has 0 spiro atoms. The molecule has 2 aromatic carbocycles. The predicted molar refractivity (Wildman–Crippen MR) is 109 cm³/mol. The number of nitrogens with one attached hydrogen (secondary N) is 2. The molecule has 150 valence electrons. The molecule has 0 heterocycles. The van der Waals surface area contributed by atoms with Crippen LogP contribution in [0.4, 0.5) is 0 Å². The Balaban J connectivity index is 1.71. The lowest BCUT2D eigenvalue weighted by Crippen LogP contribution is -2.45. The Morgan fingerprint density at radius 2 is 1.50 bits per heavy atom. The molecule has 0 aromatic heterocycles. The number of hydrazine groups is 1. The highest BCUT2D eigenvalue weighted by Gasteiger charge is 2.13. The van der Waals surface area contributed by atoms with Crippen molar-refractivity contribution in [2.24, 2.45) is 0 Å². The number of benzene rings is 2. The SMILES string of the molecule is Cc1cc(Cl)ccc1OCC(=O)NNC(=O)COc1ccc(C(C)(C)C)cc1. The molecule has 0 atom stereocenters. The summed E-state index contributed by atoms with van der Waals surface area (Å²) in [6, 6.07) is 12.7. The Morgan fingerprint density at radius 1 is 0.929 bits per heavy atom. The normalized spacial score (nSPS) is 10.9. The molecule has 0 aliphatic carbocycles. The summed E-state index contributed by atoms with van der Waals surface area (Å²) in [7, 11) is 0. The molecule has 0 unspecified atom stereocenters. The van der Waals surface area contributed by atoms with E-state index in [4.69, 9.17) is 21.1 Å². The lowest BCUT2D eigenvalue weighted by atomic mass is 9.87. The van der Waals surface area contributed by atoms with E-state index in [0.717, 1.165) is 5.56 Å². The smallest absolute Gasteiger partial charge is 0.276 e. The molecule has 0 aliphatic rings. The van der Waals surface area contributed by atoms with Crippen LogP contribution in [0.25, 0.3) is 0 Å². The molecule has 0 aliphatic heterocycles. The van der Waals surface area contributed by atoms with Gasteiger partial charge in [-0.15, -0.1) is 0 Å². The van der Waals surface area contributed by atoms with Gasteiger partial charge in [-0.1, -0.05) is 44.5 Å². The number of hydrogen-bond acceptors (Lipinski definition) is 4. The van der Waals surface area contributed by atoms with E-state index in [0.29, 0.717) is 16.5 Å². The molecule has 2 N–H and O–H groups in total. The molecule has 0 saturated carbocycles. The van der Waals surface area contributed by atoms with Gasteiger partial charge in [0.2, 0.25) is 0 Å². The van der Waals surface area contributed by atoms with Gasteiger partial charge in [-0.2, -0.15) is 0 Å². The van der Waals surface area contributed by atoms with E-state index in [1.54, 1.807) is 18.2 Å². The third-order valence-electron chi connectivity index (χ3n) is 3.93. The van der Waals surface area contributed by atoms with Gasteiger partial charge in [0.15, 0.2) is 13.2 Å². The lowest BCUT2D eigenvalue weighted by Gasteiger charge is -2.19. The second-order valence-electron chi connectivity index (χ2n) is 7.36. The first kappa shape index (κ1) is 21.6. The van der Waals surface area contributed by atoms with Crippen LogP contribution < -0.4 is 20.3 Å². The van der Waals surface area contributed by atoms with Gasteiger partial charge in [0, 0.05) is 5.02 Å². The highest BCUT2D eigenvalue weighted by molar-refractivity contribution is 6.30. The second kappa shape index (κ2) is 9.46. The first-order valence-corrected chi connectivity index (χ1v) is 9.23. The Bertz CT molecular complexity index is 829. The van der Waals surface area contributed by atoms with Crippen LogP contribution in [0, 0.1) is 6.92 Å². The fourth-order valence-electron chi connectivity index (χ4n) is 2.33. The van der Waals surface area contributed by atoms with Crippen LogP contribution in [0.3, 0.4) is 0 Å². The summed E-state index contributed by atoms with van der Waals surface area (Å²) < 4.78 is 10.8. The maximum Gasteiger partial charge on any atom is 0.276 e. The van der Waals surface area contributed by atoms with Gasteiger partial charge in [-0.05, 0) is 53.8 Å². The van der Waals surface area contributed by atoms with Gasteiger partial charge in [0.1, 0.15) is 11.5 Å². The lowest BCUT2D eigenvalue weighted by molar-refractivity contribution is -0.131. The fourth-order valence-corrected chi connectivity index (χ4v) is 2.56. The second-order valence-corrected chi connectivity index (χ2v) is 7.79. The molecular formula is C21H25ClN2O4. The number of rotatable bonds is 6. The summed E-state index contributed by atoms with van der Waals surface area (Å²) in [5, 5.41) is 0.592. The Morgan fingerprint density at radius 3 is 2.04 bits per heavy atom. The zero-order valence-electron chi connectivity index (χ0n) is 16.5. The van der Waals surface area contributed by atoms with Crippen LogP contribution in [0.2, 0.25) is 5.02 Å². The Kier molecular flexibility index (Phi) is 7.29. The van der Waals surface area contributed by atoms with E-state index in [1.807, 2.05) is 31.2 Å². The molecular weight excluding hydrogens is 380 g/mol. The number of aryl methyl sites for hydroxylation is 1. The van der Waals surface area contributed by atoms with Gasteiger partial charge >= 0.3 is 0 Å². The number of halogens is 1. The molecule has 0 radical (unpaired) electrons. The molecule has 0 bridgehead atoms. The summed E-state index contributed by atoms with van der Waals surface area (Å²) in [6.45, 7) is 7.74. The van der Waals surface area contributed by atoms with Crippen molar-refractivity contribution in [2.75, 3.05) is 13.2 Å². The van der Waals surface area contributed by atoms with Gasteiger partial charge in [0.25, 0.3) is 11.8 Å². The largest absolute Gasteiger partial charge is 0.484 e.